The molecule has 1 heterocycles. The zero-order valence-electron chi connectivity index (χ0n) is 11.7. The first-order valence-electron chi connectivity index (χ1n) is 6.18. The van der Waals surface area contributed by atoms with Crippen LogP contribution in [0.2, 0.25) is 0 Å². The van der Waals surface area contributed by atoms with E-state index in [2.05, 4.69) is 10.4 Å². The minimum Gasteiger partial charge on any atom is -0.322 e. The number of carbonyl (C=O) groups excluding carboxylic acids is 1. The van der Waals surface area contributed by atoms with Crippen LogP contribution in [-0.2, 0) is 13.2 Å². The highest BCUT2D eigenvalue weighted by molar-refractivity contribution is 6.05. The Bertz CT molecular complexity index is 689. The van der Waals surface area contributed by atoms with E-state index in [1.165, 1.54) is 7.05 Å². The van der Waals surface area contributed by atoms with Gasteiger partial charge in [-0.2, -0.15) is 18.3 Å². The van der Waals surface area contributed by atoms with Gasteiger partial charge in [-0.25, -0.2) is 0 Å². The van der Waals surface area contributed by atoms with Crippen molar-refractivity contribution in [3.63, 3.8) is 0 Å². The quantitative estimate of drug-likeness (QED) is 0.924. The molecule has 0 aliphatic carbocycles. The van der Waals surface area contributed by atoms with Gasteiger partial charge in [-0.15, -0.1) is 0 Å². The molecule has 0 aliphatic heterocycles. The minimum atomic E-state index is -4.67. The molecule has 0 atom stereocenters. The number of hydrogen-bond acceptors (Lipinski definition) is 2. The number of benzene rings is 1. The van der Waals surface area contributed by atoms with Crippen LogP contribution >= 0.6 is 0 Å². The molecule has 0 aliphatic rings. The summed E-state index contributed by atoms with van der Waals surface area (Å²) in [5.74, 6) is -0.830. The minimum absolute atomic E-state index is 0.483. The summed E-state index contributed by atoms with van der Waals surface area (Å²) in [6.07, 6.45) is -3.61. The fraction of sp³-hybridized carbons (Fsp3) is 0.286. The zero-order chi connectivity index (χ0) is 15.8. The molecule has 0 saturated heterocycles. The van der Waals surface area contributed by atoms with Crippen LogP contribution in [0.15, 0.2) is 24.4 Å². The molecule has 0 saturated carbocycles. The van der Waals surface area contributed by atoms with Crippen molar-refractivity contribution in [3.8, 4) is 0 Å². The van der Waals surface area contributed by atoms with Crippen LogP contribution in [0, 0.1) is 13.8 Å². The summed E-state index contributed by atoms with van der Waals surface area (Å²) < 4.78 is 39.5. The first-order valence-corrected chi connectivity index (χ1v) is 6.18. The lowest BCUT2D eigenvalue weighted by Gasteiger charge is -2.10. The number of nitrogens with zero attached hydrogens (tertiary/aromatic N) is 2. The van der Waals surface area contributed by atoms with Gasteiger partial charge in [-0.1, -0.05) is 12.1 Å². The van der Waals surface area contributed by atoms with Crippen LogP contribution in [0.4, 0.5) is 18.9 Å². The summed E-state index contributed by atoms with van der Waals surface area (Å²) in [5.41, 5.74) is 0.472. The van der Waals surface area contributed by atoms with E-state index in [0.29, 0.717) is 5.69 Å². The maximum absolute atomic E-state index is 12.8. The maximum Gasteiger partial charge on any atom is 0.435 e. The molecule has 0 fully saturated rings. The lowest BCUT2D eigenvalue weighted by molar-refractivity contribution is -0.141. The molecular weight excluding hydrogens is 283 g/mol. The standard InChI is InChI=1S/C14H14F3N3O/c1-8-4-5-9(2)11(6-8)18-13(21)10-7-20(3)19-12(10)14(15,16)17/h4-7H,1-3H3,(H,18,21). The molecule has 4 nitrogen and oxygen atoms in total. The Kier molecular flexibility index (Phi) is 3.76. The molecule has 21 heavy (non-hydrogen) atoms. The third kappa shape index (κ3) is 3.24. The number of aromatic nitrogens is 2. The van der Waals surface area contributed by atoms with Gasteiger partial charge < -0.3 is 5.32 Å². The maximum atomic E-state index is 12.8. The molecule has 112 valence electrons. The Balaban J connectivity index is 2.35. The first-order chi connectivity index (χ1) is 9.68. The highest BCUT2D eigenvalue weighted by Crippen LogP contribution is 2.31. The van der Waals surface area contributed by atoms with Crippen molar-refractivity contribution in [1.29, 1.82) is 0 Å². The van der Waals surface area contributed by atoms with Crippen molar-refractivity contribution < 1.29 is 18.0 Å². The Labute approximate surface area is 119 Å². The van der Waals surface area contributed by atoms with Gasteiger partial charge in [-0.3, -0.25) is 9.48 Å². The van der Waals surface area contributed by atoms with Crippen molar-refractivity contribution in [2.24, 2.45) is 7.05 Å². The van der Waals surface area contributed by atoms with Gasteiger partial charge in [0.1, 0.15) is 0 Å². The van der Waals surface area contributed by atoms with Crippen molar-refractivity contribution in [2.45, 2.75) is 20.0 Å². The average molecular weight is 297 g/mol. The highest BCUT2D eigenvalue weighted by Gasteiger charge is 2.39. The Morgan fingerprint density at radius 3 is 2.57 bits per heavy atom. The van der Waals surface area contributed by atoms with E-state index < -0.39 is 23.3 Å². The van der Waals surface area contributed by atoms with Gasteiger partial charge >= 0.3 is 6.18 Å². The lowest BCUT2D eigenvalue weighted by Crippen LogP contribution is -2.18. The number of anilines is 1. The number of alkyl halides is 3. The average Bonchev–Trinajstić information content (AvgIpc) is 2.76. The van der Waals surface area contributed by atoms with Crippen LogP contribution < -0.4 is 5.32 Å². The fourth-order valence-electron chi connectivity index (χ4n) is 1.92. The Hall–Kier alpha value is -2.31. The largest absolute Gasteiger partial charge is 0.435 e. The van der Waals surface area contributed by atoms with Gasteiger partial charge in [0.25, 0.3) is 5.91 Å². The monoisotopic (exact) mass is 297 g/mol. The van der Waals surface area contributed by atoms with Crippen molar-refractivity contribution in [2.75, 3.05) is 5.32 Å². The molecule has 1 N–H and O–H groups in total. The van der Waals surface area contributed by atoms with Gasteiger partial charge in [0.15, 0.2) is 5.69 Å². The van der Waals surface area contributed by atoms with E-state index in [9.17, 15) is 18.0 Å². The second-order valence-electron chi connectivity index (χ2n) is 4.84. The van der Waals surface area contributed by atoms with Crippen molar-refractivity contribution in [3.05, 3.63) is 46.8 Å². The summed E-state index contributed by atoms with van der Waals surface area (Å²) >= 11 is 0. The predicted molar refractivity (Wildman–Crippen MR) is 72.1 cm³/mol. The van der Waals surface area contributed by atoms with Gasteiger partial charge in [0, 0.05) is 18.9 Å². The molecule has 0 spiro atoms. The zero-order valence-corrected chi connectivity index (χ0v) is 11.7. The topological polar surface area (TPSA) is 46.9 Å². The number of halogens is 3. The molecule has 0 unspecified atom stereocenters. The molecule has 0 radical (unpaired) electrons. The number of amides is 1. The summed E-state index contributed by atoms with van der Waals surface area (Å²) in [5, 5.41) is 5.82. The SMILES string of the molecule is Cc1ccc(C)c(NC(=O)c2cn(C)nc2C(F)(F)F)c1. The van der Waals surface area contributed by atoms with Gasteiger partial charge in [-0.05, 0) is 31.0 Å². The Morgan fingerprint density at radius 2 is 1.95 bits per heavy atom. The number of nitrogens with one attached hydrogen (secondary N) is 1. The van der Waals surface area contributed by atoms with E-state index in [4.69, 9.17) is 0 Å². The van der Waals surface area contributed by atoms with E-state index in [0.717, 1.165) is 22.0 Å². The van der Waals surface area contributed by atoms with E-state index in [-0.39, 0.29) is 0 Å². The number of carbonyl (C=O) groups is 1. The normalized spacial score (nSPS) is 11.5. The van der Waals surface area contributed by atoms with Crippen molar-refractivity contribution in [1.82, 2.24) is 9.78 Å². The van der Waals surface area contributed by atoms with Crippen LogP contribution in [0.1, 0.15) is 27.2 Å². The molecule has 1 amide bonds. The van der Waals surface area contributed by atoms with Gasteiger partial charge in [0.2, 0.25) is 0 Å². The van der Waals surface area contributed by atoms with Crippen LogP contribution in [-0.4, -0.2) is 15.7 Å². The molecule has 0 bridgehead atoms. The molecule has 1 aromatic heterocycles. The van der Waals surface area contributed by atoms with Crippen LogP contribution in [0.25, 0.3) is 0 Å². The molecule has 1 aromatic carbocycles. The second-order valence-corrected chi connectivity index (χ2v) is 4.84. The Morgan fingerprint density at radius 1 is 1.29 bits per heavy atom. The summed E-state index contributed by atoms with van der Waals surface area (Å²) in [6, 6.07) is 5.35. The number of aryl methyl sites for hydroxylation is 3. The molecular formula is C14H14F3N3O. The van der Waals surface area contributed by atoms with E-state index in [1.54, 1.807) is 19.1 Å². The third-order valence-corrected chi connectivity index (χ3v) is 2.98. The summed E-state index contributed by atoms with van der Waals surface area (Å²) in [7, 11) is 1.34. The fourth-order valence-corrected chi connectivity index (χ4v) is 1.92. The van der Waals surface area contributed by atoms with E-state index >= 15 is 0 Å². The smallest absolute Gasteiger partial charge is 0.322 e. The third-order valence-electron chi connectivity index (χ3n) is 2.98. The number of hydrogen-bond donors (Lipinski definition) is 1. The molecule has 7 heteroatoms. The van der Waals surface area contributed by atoms with Crippen LogP contribution in [0.5, 0.6) is 0 Å². The van der Waals surface area contributed by atoms with Crippen molar-refractivity contribution >= 4 is 11.6 Å². The first kappa shape index (κ1) is 15.1. The van der Waals surface area contributed by atoms with Crippen LogP contribution in [0.3, 0.4) is 0 Å². The highest BCUT2D eigenvalue weighted by atomic mass is 19.4. The van der Waals surface area contributed by atoms with E-state index in [1.807, 2.05) is 13.0 Å². The summed E-state index contributed by atoms with van der Waals surface area (Å²) in [4.78, 5) is 12.1. The number of rotatable bonds is 2. The molecule has 2 aromatic rings. The van der Waals surface area contributed by atoms with Gasteiger partial charge in [0.05, 0.1) is 5.56 Å². The lowest BCUT2D eigenvalue weighted by atomic mass is 10.1. The molecule has 2 rings (SSSR count). The predicted octanol–water partition coefficient (Wildman–Crippen LogP) is 3.31. The summed E-state index contributed by atoms with van der Waals surface area (Å²) in [6.45, 7) is 3.60. The second kappa shape index (κ2) is 5.23.